The Hall–Kier alpha value is -2.01. The molecule has 0 bridgehead atoms. The lowest BCUT2D eigenvalue weighted by Crippen LogP contribution is -2.12. The molecule has 0 aromatic heterocycles. The summed E-state index contributed by atoms with van der Waals surface area (Å²) in [6.07, 6.45) is 0. The molecule has 2 aromatic carbocycles. The number of rotatable bonds is 2. The highest BCUT2D eigenvalue weighted by Gasteiger charge is 2.07. The van der Waals surface area contributed by atoms with Crippen molar-refractivity contribution in [2.75, 3.05) is 11.1 Å². The molecule has 0 aliphatic carbocycles. The van der Waals surface area contributed by atoms with E-state index in [9.17, 15) is 4.79 Å². The van der Waals surface area contributed by atoms with Crippen LogP contribution in [-0.4, -0.2) is 11.0 Å². The zero-order valence-electron chi connectivity index (χ0n) is 9.35. The monoisotopic (exact) mass is 306 g/mol. The number of halogens is 1. The van der Waals surface area contributed by atoms with Crippen molar-refractivity contribution in [2.24, 2.45) is 0 Å². The zero-order chi connectivity index (χ0) is 13.1. The molecule has 0 radical (unpaired) electrons. The van der Waals surface area contributed by atoms with Gasteiger partial charge in [-0.05, 0) is 58.4 Å². The van der Waals surface area contributed by atoms with Gasteiger partial charge in [0, 0.05) is 21.4 Å². The van der Waals surface area contributed by atoms with Crippen LogP contribution in [-0.2, 0) is 0 Å². The Morgan fingerprint density at radius 2 is 1.83 bits per heavy atom. The van der Waals surface area contributed by atoms with Crippen LogP contribution in [0.5, 0.6) is 5.75 Å². The van der Waals surface area contributed by atoms with Crippen molar-refractivity contribution in [2.45, 2.75) is 0 Å². The Labute approximate surface area is 113 Å². The van der Waals surface area contributed by atoms with Crippen LogP contribution in [0.15, 0.2) is 46.9 Å². The third kappa shape index (κ3) is 2.81. The van der Waals surface area contributed by atoms with Crippen LogP contribution in [0.1, 0.15) is 10.4 Å². The second-order valence-corrected chi connectivity index (χ2v) is 4.59. The fourth-order valence-corrected chi connectivity index (χ4v) is 1.68. The molecule has 0 saturated heterocycles. The molecule has 2 rings (SSSR count). The Balaban J connectivity index is 2.16. The Kier molecular flexibility index (Phi) is 3.53. The summed E-state index contributed by atoms with van der Waals surface area (Å²) in [6.45, 7) is 0. The van der Waals surface area contributed by atoms with Crippen LogP contribution in [0.2, 0.25) is 0 Å². The van der Waals surface area contributed by atoms with Gasteiger partial charge in [0.05, 0.1) is 0 Å². The molecule has 0 atom stereocenters. The fourth-order valence-electron chi connectivity index (χ4n) is 1.43. The predicted octanol–water partition coefficient (Wildman–Crippen LogP) is 2.99. The average molecular weight is 307 g/mol. The van der Waals surface area contributed by atoms with Gasteiger partial charge in [-0.1, -0.05) is 0 Å². The van der Waals surface area contributed by atoms with Gasteiger partial charge < -0.3 is 16.2 Å². The average Bonchev–Trinajstić information content (AvgIpc) is 2.35. The number of nitrogen functional groups attached to an aromatic ring is 1. The summed E-state index contributed by atoms with van der Waals surface area (Å²) in [5.74, 6) is -0.0965. The number of aromatic hydroxyl groups is 1. The lowest BCUT2D eigenvalue weighted by atomic mass is 10.2. The molecule has 0 spiro atoms. The predicted molar refractivity (Wildman–Crippen MR) is 74.6 cm³/mol. The molecule has 0 saturated carbocycles. The van der Waals surface area contributed by atoms with Crippen molar-refractivity contribution in [1.82, 2.24) is 0 Å². The quantitative estimate of drug-likeness (QED) is 0.590. The van der Waals surface area contributed by atoms with Crippen molar-refractivity contribution in [3.05, 3.63) is 52.5 Å². The maximum absolute atomic E-state index is 11.9. The van der Waals surface area contributed by atoms with Gasteiger partial charge in [0.2, 0.25) is 0 Å². The lowest BCUT2D eigenvalue weighted by molar-refractivity contribution is 0.102. The highest BCUT2D eigenvalue weighted by atomic mass is 79.9. The highest BCUT2D eigenvalue weighted by molar-refractivity contribution is 9.10. The molecule has 92 valence electrons. The van der Waals surface area contributed by atoms with Crippen LogP contribution in [0.3, 0.4) is 0 Å². The molecule has 2 aromatic rings. The van der Waals surface area contributed by atoms with Crippen molar-refractivity contribution < 1.29 is 9.90 Å². The zero-order valence-corrected chi connectivity index (χ0v) is 10.9. The number of hydrogen-bond donors (Lipinski definition) is 3. The molecule has 5 heteroatoms. The molecule has 18 heavy (non-hydrogen) atoms. The number of nitrogens with two attached hydrogens (primary N) is 1. The minimum Gasteiger partial charge on any atom is -0.508 e. The number of amides is 1. The molecule has 1 amide bonds. The van der Waals surface area contributed by atoms with Gasteiger partial charge in [-0.25, -0.2) is 0 Å². The Morgan fingerprint density at radius 1 is 1.17 bits per heavy atom. The number of anilines is 2. The third-order valence-electron chi connectivity index (χ3n) is 2.38. The number of phenols is 1. The highest BCUT2D eigenvalue weighted by Crippen LogP contribution is 2.21. The fraction of sp³-hybridized carbons (Fsp3) is 0. The smallest absolute Gasteiger partial charge is 0.255 e. The molecule has 0 fully saturated rings. The standard InChI is InChI=1S/C13H11BrN2O2/c14-11-6-1-8(7-12(11)15)13(18)16-9-2-4-10(17)5-3-9/h1-7,17H,15H2,(H,16,18). The van der Waals surface area contributed by atoms with E-state index in [0.29, 0.717) is 16.9 Å². The normalized spacial score (nSPS) is 10.1. The first-order valence-corrected chi connectivity index (χ1v) is 6.01. The van der Waals surface area contributed by atoms with Gasteiger partial charge in [-0.3, -0.25) is 4.79 Å². The van der Waals surface area contributed by atoms with E-state index in [-0.39, 0.29) is 11.7 Å². The summed E-state index contributed by atoms with van der Waals surface area (Å²) in [5.41, 5.74) is 7.31. The number of phenolic OH excluding ortho intramolecular Hbond substituents is 1. The van der Waals surface area contributed by atoms with Crippen molar-refractivity contribution in [1.29, 1.82) is 0 Å². The summed E-state index contributed by atoms with van der Waals surface area (Å²) in [7, 11) is 0. The summed E-state index contributed by atoms with van der Waals surface area (Å²) >= 11 is 3.27. The molecular formula is C13H11BrN2O2. The molecule has 4 nitrogen and oxygen atoms in total. The number of benzene rings is 2. The Bertz CT molecular complexity index is 582. The molecule has 0 heterocycles. The van der Waals surface area contributed by atoms with Crippen LogP contribution in [0.25, 0.3) is 0 Å². The number of carbonyl (C=O) groups excluding carboxylic acids is 1. The van der Waals surface area contributed by atoms with Gasteiger partial charge in [0.1, 0.15) is 5.75 Å². The van der Waals surface area contributed by atoms with Gasteiger partial charge in [0.25, 0.3) is 5.91 Å². The Morgan fingerprint density at radius 3 is 2.44 bits per heavy atom. The minimum absolute atomic E-state index is 0.154. The maximum Gasteiger partial charge on any atom is 0.255 e. The van der Waals surface area contributed by atoms with Gasteiger partial charge in [0.15, 0.2) is 0 Å². The van der Waals surface area contributed by atoms with E-state index in [1.165, 1.54) is 12.1 Å². The van der Waals surface area contributed by atoms with E-state index in [4.69, 9.17) is 10.8 Å². The molecular weight excluding hydrogens is 296 g/mol. The third-order valence-corrected chi connectivity index (χ3v) is 3.11. The van der Waals surface area contributed by atoms with Gasteiger partial charge in [-0.2, -0.15) is 0 Å². The van der Waals surface area contributed by atoms with E-state index in [2.05, 4.69) is 21.2 Å². The second kappa shape index (κ2) is 5.10. The minimum atomic E-state index is -0.250. The summed E-state index contributed by atoms with van der Waals surface area (Å²) in [4.78, 5) is 11.9. The largest absolute Gasteiger partial charge is 0.508 e. The SMILES string of the molecule is Nc1cc(C(=O)Nc2ccc(O)cc2)ccc1Br. The van der Waals surface area contributed by atoms with Gasteiger partial charge >= 0.3 is 0 Å². The first kappa shape index (κ1) is 12.4. The number of carbonyl (C=O) groups is 1. The van der Waals surface area contributed by atoms with E-state index < -0.39 is 0 Å². The number of hydrogen-bond acceptors (Lipinski definition) is 3. The lowest BCUT2D eigenvalue weighted by Gasteiger charge is -2.06. The summed E-state index contributed by atoms with van der Waals surface area (Å²) < 4.78 is 0.753. The van der Waals surface area contributed by atoms with E-state index in [0.717, 1.165) is 4.47 Å². The second-order valence-electron chi connectivity index (χ2n) is 3.74. The summed E-state index contributed by atoms with van der Waals surface area (Å²) in [5, 5.41) is 11.9. The van der Waals surface area contributed by atoms with Crippen molar-refractivity contribution in [3.8, 4) is 5.75 Å². The maximum atomic E-state index is 11.9. The molecule has 0 unspecified atom stereocenters. The van der Waals surface area contributed by atoms with Crippen molar-refractivity contribution >= 4 is 33.2 Å². The molecule has 0 aliphatic rings. The molecule has 0 aliphatic heterocycles. The van der Waals surface area contributed by atoms with E-state index in [1.54, 1.807) is 30.3 Å². The van der Waals surface area contributed by atoms with E-state index >= 15 is 0 Å². The molecule has 4 N–H and O–H groups in total. The van der Waals surface area contributed by atoms with Crippen LogP contribution < -0.4 is 11.1 Å². The first-order chi connectivity index (χ1) is 8.56. The van der Waals surface area contributed by atoms with Crippen LogP contribution >= 0.6 is 15.9 Å². The van der Waals surface area contributed by atoms with Gasteiger partial charge in [-0.15, -0.1) is 0 Å². The first-order valence-electron chi connectivity index (χ1n) is 5.21. The van der Waals surface area contributed by atoms with E-state index in [1.807, 2.05) is 0 Å². The van der Waals surface area contributed by atoms with Crippen LogP contribution in [0.4, 0.5) is 11.4 Å². The number of nitrogens with one attached hydrogen (secondary N) is 1. The topological polar surface area (TPSA) is 75.4 Å². The van der Waals surface area contributed by atoms with Crippen molar-refractivity contribution in [3.63, 3.8) is 0 Å². The summed E-state index contributed by atoms with van der Waals surface area (Å²) in [6, 6.07) is 11.2. The van der Waals surface area contributed by atoms with Crippen LogP contribution in [0, 0.1) is 0 Å².